The lowest BCUT2D eigenvalue weighted by atomic mass is 10.00. The van der Waals surface area contributed by atoms with Gasteiger partial charge in [0.1, 0.15) is 0 Å². The fourth-order valence-electron chi connectivity index (χ4n) is 2.74. The largest absolute Gasteiger partial charge is 0.289 e. The minimum atomic E-state index is 0.0467. The zero-order valence-electron chi connectivity index (χ0n) is 12.8. The number of benzene rings is 3. The van der Waals surface area contributed by atoms with Gasteiger partial charge < -0.3 is 0 Å². The first-order valence-corrected chi connectivity index (χ1v) is 7.42. The standard InChI is InChI=1S/C21H18O/c1-15-10-12-19(16(2)14-15)21(22)13-11-18-8-5-7-17-6-3-4-9-20(17)18/h3-14H,1-2H3/b13-11+. The van der Waals surface area contributed by atoms with Gasteiger partial charge in [-0.2, -0.15) is 0 Å². The van der Waals surface area contributed by atoms with E-state index in [1.165, 1.54) is 10.9 Å². The van der Waals surface area contributed by atoms with Gasteiger partial charge in [0, 0.05) is 5.56 Å². The summed E-state index contributed by atoms with van der Waals surface area (Å²) in [5.41, 5.74) is 4.03. The smallest absolute Gasteiger partial charge is 0.186 e. The quantitative estimate of drug-likeness (QED) is 0.468. The monoisotopic (exact) mass is 286 g/mol. The minimum Gasteiger partial charge on any atom is -0.289 e. The van der Waals surface area contributed by atoms with Crippen molar-refractivity contribution in [2.24, 2.45) is 0 Å². The first-order chi connectivity index (χ1) is 10.6. The number of carbonyl (C=O) groups is 1. The van der Waals surface area contributed by atoms with Gasteiger partial charge in [-0.3, -0.25) is 4.79 Å². The summed E-state index contributed by atoms with van der Waals surface area (Å²) >= 11 is 0. The maximum atomic E-state index is 12.4. The number of ketones is 1. The van der Waals surface area contributed by atoms with Crippen LogP contribution in [0, 0.1) is 13.8 Å². The van der Waals surface area contributed by atoms with Crippen LogP contribution >= 0.6 is 0 Å². The van der Waals surface area contributed by atoms with Crippen molar-refractivity contribution in [2.45, 2.75) is 13.8 Å². The number of hydrogen-bond donors (Lipinski definition) is 0. The zero-order valence-corrected chi connectivity index (χ0v) is 12.8. The van der Waals surface area contributed by atoms with Gasteiger partial charge in [0.2, 0.25) is 0 Å². The first kappa shape index (κ1) is 14.3. The van der Waals surface area contributed by atoms with Crippen LogP contribution in [0.5, 0.6) is 0 Å². The van der Waals surface area contributed by atoms with E-state index in [9.17, 15) is 4.79 Å². The van der Waals surface area contributed by atoms with Crippen LogP contribution in [0.15, 0.2) is 66.7 Å². The summed E-state index contributed by atoms with van der Waals surface area (Å²) in [6, 6.07) is 20.3. The molecule has 0 bridgehead atoms. The molecule has 1 heteroatoms. The minimum absolute atomic E-state index is 0.0467. The normalized spacial score (nSPS) is 11.2. The van der Waals surface area contributed by atoms with E-state index in [4.69, 9.17) is 0 Å². The Labute approximate surface area is 130 Å². The third kappa shape index (κ3) is 2.84. The lowest BCUT2D eigenvalue weighted by molar-refractivity contribution is 0.104. The maximum Gasteiger partial charge on any atom is 0.186 e. The second-order valence-corrected chi connectivity index (χ2v) is 5.58. The summed E-state index contributed by atoms with van der Waals surface area (Å²) in [4.78, 5) is 12.4. The molecule has 0 atom stereocenters. The Bertz CT molecular complexity index is 867. The van der Waals surface area contributed by atoms with Crippen LogP contribution in [0.4, 0.5) is 0 Å². The van der Waals surface area contributed by atoms with E-state index in [2.05, 4.69) is 18.2 Å². The number of allylic oxidation sites excluding steroid dienone is 1. The molecule has 0 N–H and O–H groups in total. The molecule has 0 aliphatic rings. The lowest BCUT2D eigenvalue weighted by Crippen LogP contribution is -1.98. The molecule has 0 aromatic heterocycles. The Kier molecular flexibility index (Phi) is 3.88. The molecule has 0 amide bonds. The Balaban J connectivity index is 1.94. The van der Waals surface area contributed by atoms with Crippen LogP contribution in [0.1, 0.15) is 27.0 Å². The highest BCUT2D eigenvalue weighted by molar-refractivity contribution is 6.08. The van der Waals surface area contributed by atoms with Gasteiger partial charge in [-0.1, -0.05) is 72.3 Å². The molecular weight excluding hydrogens is 268 g/mol. The van der Waals surface area contributed by atoms with Gasteiger partial charge in [0.25, 0.3) is 0 Å². The summed E-state index contributed by atoms with van der Waals surface area (Å²) in [6.07, 6.45) is 3.57. The first-order valence-electron chi connectivity index (χ1n) is 7.42. The van der Waals surface area contributed by atoms with Gasteiger partial charge in [-0.15, -0.1) is 0 Å². The van der Waals surface area contributed by atoms with Crippen molar-refractivity contribution < 1.29 is 4.79 Å². The van der Waals surface area contributed by atoms with Gasteiger partial charge in [-0.05, 0) is 41.8 Å². The van der Waals surface area contributed by atoms with Crippen LogP contribution in [0.2, 0.25) is 0 Å². The highest BCUT2D eigenvalue weighted by Gasteiger charge is 2.06. The van der Waals surface area contributed by atoms with Crippen molar-refractivity contribution in [3.8, 4) is 0 Å². The number of aryl methyl sites for hydroxylation is 2. The van der Waals surface area contributed by atoms with E-state index < -0.39 is 0 Å². The summed E-state index contributed by atoms with van der Waals surface area (Å²) < 4.78 is 0. The molecule has 0 unspecified atom stereocenters. The third-order valence-corrected chi connectivity index (χ3v) is 3.88. The number of fused-ring (bicyclic) bond motifs is 1. The summed E-state index contributed by atoms with van der Waals surface area (Å²) in [5.74, 6) is 0.0467. The van der Waals surface area contributed by atoms with E-state index >= 15 is 0 Å². The molecule has 0 spiro atoms. The molecule has 0 saturated carbocycles. The van der Waals surface area contributed by atoms with E-state index in [0.29, 0.717) is 0 Å². The highest BCUT2D eigenvalue weighted by atomic mass is 16.1. The molecule has 1 nitrogen and oxygen atoms in total. The lowest BCUT2D eigenvalue weighted by Gasteiger charge is -2.04. The Morgan fingerprint density at radius 1 is 0.909 bits per heavy atom. The van der Waals surface area contributed by atoms with Gasteiger partial charge in [-0.25, -0.2) is 0 Å². The van der Waals surface area contributed by atoms with Crippen LogP contribution in [0.3, 0.4) is 0 Å². The van der Waals surface area contributed by atoms with Gasteiger partial charge >= 0.3 is 0 Å². The fourth-order valence-corrected chi connectivity index (χ4v) is 2.74. The zero-order chi connectivity index (χ0) is 15.5. The topological polar surface area (TPSA) is 17.1 Å². The molecular formula is C21H18O. The molecule has 3 rings (SSSR count). The molecule has 3 aromatic carbocycles. The number of carbonyl (C=O) groups excluding carboxylic acids is 1. The molecule has 0 saturated heterocycles. The Hall–Kier alpha value is -2.67. The van der Waals surface area contributed by atoms with Crippen molar-refractivity contribution in [3.05, 3.63) is 89.0 Å². The van der Waals surface area contributed by atoms with Crippen LogP contribution in [0.25, 0.3) is 16.8 Å². The van der Waals surface area contributed by atoms with E-state index in [1.807, 2.05) is 62.4 Å². The molecule has 0 aliphatic carbocycles. The van der Waals surface area contributed by atoms with E-state index in [-0.39, 0.29) is 5.78 Å². The maximum absolute atomic E-state index is 12.4. The predicted molar refractivity (Wildman–Crippen MR) is 93.2 cm³/mol. The molecule has 0 heterocycles. The second kappa shape index (κ2) is 5.98. The predicted octanol–water partition coefficient (Wildman–Crippen LogP) is 5.35. The SMILES string of the molecule is Cc1ccc(C(=O)/C=C/c2cccc3ccccc23)c(C)c1. The van der Waals surface area contributed by atoms with Crippen molar-refractivity contribution in [1.82, 2.24) is 0 Å². The van der Waals surface area contributed by atoms with Crippen LogP contribution in [-0.4, -0.2) is 5.78 Å². The molecule has 0 aliphatic heterocycles. The third-order valence-electron chi connectivity index (χ3n) is 3.88. The van der Waals surface area contributed by atoms with Crippen molar-refractivity contribution in [2.75, 3.05) is 0 Å². The Morgan fingerprint density at radius 2 is 1.68 bits per heavy atom. The van der Waals surface area contributed by atoms with Crippen LogP contribution in [-0.2, 0) is 0 Å². The van der Waals surface area contributed by atoms with Crippen molar-refractivity contribution >= 4 is 22.6 Å². The highest BCUT2D eigenvalue weighted by Crippen LogP contribution is 2.20. The summed E-state index contributed by atoms with van der Waals surface area (Å²) in [5, 5.41) is 2.35. The van der Waals surface area contributed by atoms with Gasteiger partial charge in [0.05, 0.1) is 0 Å². The molecule has 108 valence electrons. The van der Waals surface area contributed by atoms with Crippen LogP contribution < -0.4 is 0 Å². The van der Waals surface area contributed by atoms with E-state index in [1.54, 1.807) is 6.08 Å². The molecule has 0 fully saturated rings. The number of rotatable bonds is 3. The van der Waals surface area contributed by atoms with Crippen molar-refractivity contribution in [1.29, 1.82) is 0 Å². The Morgan fingerprint density at radius 3 is 2.50 bits per heavy atom. The number of hydrogen-bond acceptors (Lipinski definition) is 1. The van der Waals surface area contributed by atoms with E-state index in [0.717, 1.165) is 22.1 Å². The molecule has 0 radical (unpaired) electrons. The van der Waals surface area contributed by atoms with Gasteiger partial charge in [0.15, 0.2) is 5.78 Å². The second-order valence-electron chi connectivity index (χ2n) is 5.58. The molecule has 22 heavy (non-hydrogen) atoms. The average Bonchev–Trinajstić information content (AvgIpc) is 2.52. The van der Waals surface area contributed by atoms with Crippen molar-refractivity contribution in [3.63, 3.8) is 0 Å². The summed E-state index contributed by atoms with van der Waals surface area (Å²) in [7, 11) is 0. The summed E-state index contributed by atoms with van der Waals surface area (Å²) in [6.45, 7) is 4.01. The molecule has 3 aromatic rings. The average molecular weight is 286 g/mol. The fraction of sp³-hybridized carbons (Fsp3) is 0.0952.